The number of fused-ring (bicyclic) bond motifs is 2. The summed E-state index contributed by atoms with van der Waals surface area (Å²) in [7, 11) is 0. The standard InChI is InChI=1S/C24H13BrCl2FN3O2/c25-11-7-17-21(22(31-24(17)33)16-10-13(28)2-3-18(16)27)20(8-11)30-23(32)14-5-6-29-19-4-1-12(26)9-15(14)19/h1-10,22H,(H,30,32)(H,31,33). The number of nitrogens with zero attached hydrogens (tertiary/aromatic N) is 1. The van der Waals surface area contributed by atoms with Crippen LogP contribution in [0.3, 0.4) is 0 Å². The van der Waals surface area contributed by atoms with Crippen molar-refractivity contribution in [3.8, 4) is 0 Å². The topological polar surface area (TPSA) is 71.1 Å². The highest BCUT2D eigenvalue weighted by Crippen LogP contribution is 2.41. The monoisotopic (exact) mass is 543 g/mol. The number of hydrogen-bond acceptors (Lipinski definition) is 3. The number of benzene rings is 3. The van der Waals surface area contributed by atoms with Crippen LogP contribution >= 0.6 is 39.1 Å². The second kappa shape index (κ2) is 8.41. The summed E-state index contributed by atoms with van der Waals surface area (Å²) in [5.41, 5.74) is 2.62. The number of carbonyl (C=O) groups excluding carboxylic acids is 2. The molecule has 9 heteroatoms. The molecule has 5 rings (SSSR count). The van der Waals surface area contributed by atoms with Gasteiger partial charge in [-0.1, -0.05) is 39.1 Å². The Morgan fingerprint density at radius 2 is 1.91 bits per heavy atom. The summed E-state index contributed by atoms with van der Waals surface area (Å²) in [4.78, 5) is 30.3. The van der Waals surface area contributed by atoms with Crippen molar-refractivity contribution in [2.24, 2.45) is 0 Å². The molecule has 1 unspecified atom stereocenters. The fourth-order valence-corrected chi connectivity index (χ4v) is 4.83. The van der Waals surface area contributed by atoms with Gasteiger partial charge < -0.3 is 10.6 Å². The number of carbonyl (C=O) groups is 2. The molecule has 1 aromatic heterocycles. The van der Waals surface area contributed by atoms with Crippen LogP contribution in [-0.2, 0) is 0 Å². The minimum atomic E-state index is -0.734. The van der Waals surface area contributed by atoms with Crippen molar-refractivity contribution in [3.05, 3.63) is 103 Å². The number of halogens is 4. The van der Waals surface area contributed by atoms with Gasteiger partial charge in [-0.25, -0.2) is 4.39 Å². The Balaban J connectivity index is 1.62. The second-order valence-electron chi connectivity index (χ2n) is 7.46. The number of rotatable bonds is 3. The van der Waals surface area contributed by atoms with Gasteiger partial charge in [-0.15, -0.1) is 0 Å². The molecule has 33 heavy (non-hydrogen) atoms. The molecule has 0 saturated heterocycles. The highest BCUT2D eigenvalue weighted by molar-refractivity contribution is 9.10. The Morgan fingerprint density at radius 1 is 1.09 bits per heavy atom. The van der Waals surface area contributed by atoms with Gasteiger partial charge in [0.05, 0.1) is 17.1 Å². The van der Waals surface area contributed by atoms with Crippen molar-refractivity contribution >= 4 is 67.5 Å². The molecule has 0 aliphatic carbocycles. The molecule has 0 bridgehead atoms. The Morgan fingerprint density at radius 3 is 2.73 bits per heavy atom. The van der Waals surface area contributed by atoms with E-state index in [1.165, 1.54) is 24.4 Å². The molecule has 1 aliphatic heterocycles. The highest BCUT2D eigenvalue weighted by atomic mass is 79.9. The molecule has 1 aliphatic rings. The van der Waals surface area contributed by atoms with E-state index in [9.17, 15) is 14.0 Å². The normalized spacial score (nSPS) is 14.8. The molecule has 2 N–H and O–H groups in total. The summed E-state index contributed by atoms with van der Waals surface area (Å²) in [6.45, 7) is 0. The van der Waals surface area contributed by atoms with E-state index < -0.39 is 17.8 Å². The van der Waals surface area contributed by atoms with E-state index in [0.29, 0.717) is 53.4 Å². The summed E-state index contributed by atoms with van der Waals surface area (Å²) in [6.07, 6.45) is 1.54. The number of anilines is 1. The summed E-state index contributed by atoms with van der Waals surface area (Å²) < 4.78 is 14.6. The maximum atomic E-state index is 14.0. The minimum Gasteiger partial charge on any atom is -0.341 e. The largest absolute Gasteiger partial charge is 0.341 e. The van der Waals surface area contributed by atoms with E-state index in [-0.39, 0.29) is 5.91 Å². The van der Waals surface area contributed by atoms with Crippen LogP contribution in [0, 0.1) is 5.82 Å². The van der Waals surface area contributed by atoms with E-state index >= 15 is 0 Å². The van der Waals surface area contributed by atoms with Crippen LogP contribution in [0.25, 0.3) is 10.9 Å². The lowest BCUT2D eigenvalue weighted by Crippen LogP contribution is -2.21. The molecule has 4 aromatic rings. The van der Waals surface area contributed by atoms with E-state index in [4.69, 9.17) is 23.2 Å². The number of nitrogens with one attached hydrogen (secondary N) is 2. The Hall–Kier alpha value is -3.00. The van der Waals surface area contributed by atoms with Crippen LogP contribution in [0.15, 0.2) is 65.3 Å². The maximum Gasteiger partial charge on any atom is 0.256 e. The van der Waals surface area contributed by atoms with Crippen molar-refractivity contribution in [2.75, 3.05) is 5.32 Å². The van der Waals surface area contributed by atoms with Gasteiger partial charge in [0.15, 0.2) is 0 Å². The van der Waals surface area contributed by atoms with Gasteiger partial charge in [-0.2, -0.15) is 0 Å². The second-order valence-corrected chi connectivity index (χ2v) is 9.22. The quantitative estimate of drug-likeness (QED) is 0.308. The average molecular weight is 545 g/mol. The molecular formula is C24H13BrCl2FN3O2. The van der Waals surface area contributed by atoms with Gasteiger partial charge in [0.2, 0.25) is 0 Å². The Kier molecular flexibility index (Phi) is 5.56. The lowest BCUT2D eigenvalue weighted by atomic mass is 9.96. The molecule has 0 spiro atoms. The van der Waals surface area contributed by atoms with Crippen molar-refractivity contribution in [1.82, 2.24) is 10.3 Å². The van der Waals surface area contributed by atoms with Gasteiger partial charge in [-0.3, -0.25) is 14.6 Å². The van der Waals surface area contributed by atoms with Gasteiger partial charge in [-0.05, 0) is 54.6 Å². The first-order chi connectivity index (χ1) is 15.8. The van der Waals surface area contributed by atoms with Crippen LogP contribution in [0.4, 0.5) is 10.1 Å². The van der Waals surface area contributed by atoms with E-state index in [1.807, 2.05) is 0 Å². The molecule has 0 fully saturated rings. The first-order valence-corrected chi connectivity index (χ1v) is 11.3. The van der Waals surface area contributed by atoms with Crippen molar-refractivity contribution < 1.29 is 14.0 Å². The number of pyridine rings is 1. The lowest BCUT2D eigenvalue weighted by Gasteiger charge is -2.18. The third-order valence-corrected chi connectivity index (χ3v) is 6.46. The first kappa shape index (κ1) is 21.8. The average Bonchev–Trinajstić information content (AvgIpc) is 3.11. The van der Waals surface area contributed by atoms with Crippen LogP contribution in [0.5, 0.6) is 0 Å². The molecule has 1 atom stereocenters. The zero-order valence-electron chi connectivity index (χ0n) is 16.6. The van der Waals surface area contributed by atoms with Crippen LogP contribution < -0.4 is 10.6 Å². The highest BCUT2D eigenvalue weighted by Gasteiger charge is 2.34. The summed E-state index contributed by atoms with van der Waals surface area (Å²) in [5, 5.41) is 7.09. The molecular weight excluding hydrogens is 532 g/mol. The molecule has 2 heterocycles. The van der Waals surface area contributed by atoms with Crippen LogP contribution in [0.1, 0.15) is 37.9 Å². The SMILES string of the molecule is O=C1NC(c2cc(F)ccc2Cl)c2c(NC(=O)c3ccnc4ccc(Cl)cc34)cc(Br)cc21. The number of aromatic nitrogens is 1. The van der Waals surface area contributed by atoms with E-state index in [1.54, 1.807) is 36.4 Å². The van der Waals surface area contributed by atoms with Crippen LogP contribution in [-0.4, -0.2) is 16.8 Å². The summed E-state index contributed by atoms with van der Waals surface area (Å²) >= 11 is 15.8. The van der Waals surface area contributed by atoms with Gasteiger partial charge >= 0.3 is 0 Å². The van der Waals surface area contributed by atoms with Crippen molar-refractivity contribution in [2.45, 2.75) is 6.04 Å². The lowest BCUT2D eigenvalue weighted by molar-refractivity contribution is 0.0959. The Bertz CT molecular complexity index is 1480. The van der Waals surface area contributed by atoms with E-state index in [0.717, 1.165) is 0 Å². The fraction of sp³-hybridized carbons (Fsp3) is 0.0417. The molecule has 0 radical (unpaired) electrons. The zero-order valence-corrected chi connectivity index (χ0v) is 19.7. The predicted molar refractivity (Wildman–Crippen MR) is 130 cm³/mol. The predicted octanol–water partition coefficient (Wildman–Crippen LogP) is 6.53. The van der Waals surface area contributed by atoms with Gasteiger partial charge in [0.25, 0.3) is 11.8 Å². The zero-order chi connectivity index (χ0) is 23.3. The fourth-order valence-electron chi connectivity index (χ4n) is 3.98. The maximum absolute atomic E-state index is 14.0. The van der Waals surface area contributed by atoms with E-state index in [2.05, 4.69) is 31.5 Å². The molecule has 5 nitrogen and oxygen atoms in total. The van der Waals surface area contributed by atoms with Crippen molar-refractivity contribution in [1.29, 1.82) is 0 Å². The van der Waals surface area contributed by atoms with Crippen molar-refractivity contribution in [3.63, 3.8) is 0 Å². The minimum absolute atomic E-state index is 0.296. The smallest absolute Gasteiger partial charge is 0.256 e. The third-order valence-electron chi connectivity index (χ3n) is 5.42. The molecule has 3 aromatic carbocycles. The number of hydrogen-bond donors (Lipinski definition) is 2. The summed E-state index contributed by atoms with van der Waals surface area (Å²) in [5.74, 6) is -1.25. The third kappa shape index (κ3) is 3.97. The van der Waals surface area contributed by atoms with Crippen LogP contribution in [0.2, 0.25) is 10.0 Å². The number of amides is 2. The molecule has 2 amide bonds. The molecule has 164 valence electrons. The summed E-state index contributed by atoms with van der Waals surface area (Å²) in [6, 6.07) is 13.2. The molecule has 0 saturated carbocycles. The van der Waals surface area contributed by atoms with Gasteiger partial charge in [0.1, 0.15) is 5.82 Å². The Labute approximate surface area is 206 Å². The van der Waals surface area contributed by atoms with Gasteiger partial charge in [0, 0.05) is 48.5 Å². The first-order valence-electron chi connectivity index (χ1n) is 9.76.